The Morgan fingerprint density at radius 2 is 2.47 bits per heavy atom. The summed E-state index contributed by atoms with van der Waals surface area (Å²) in [5.41, 5.74) is 7.40. The largest absolute Gasteiger partial charge is 0.464 e. The van der Waals surface area contributed by atoms with Crippen molar-refractivity contribution in [3.05, 3.63) is 29.8 Å². The molecule has 2 aromatic rings. The molecule has 0 radical (unpaired) electrons. The number of pyridine rings is 1. The number of rotatable bonds is 2. The smallest absolute Gasteiger partial charge is 0.359 e. The molecule has 0 bridgehead atoms. The highest BCUT2D eigenvalue weighted by Crippen LogP contribution is 2.27. The molecule has 6 nitrogen and oxygen atoms in total. The number of nitrogens with zero attached hydrogens (tertiary/aromatic N) is 2. The first-order valence-electron chi connectivity index (χ1n) is 6.30. The third kappa shape index (κ3) is 1.84. The molecule has 100 valence electrons. The van der Waals surface area contributed by atoms with Gasteiger partial charge in [-0.2, -0.15) is 0 Å². The Balaban J connectivity index is 2.23. The predicted molar refractivity (Wildman–Crippen MR) is 70.9 cm³/mol. The molecule has 0 aliphatic carbocycles. The molecule has 0 saturated carbocycles. The summed E-state index contributed by atoms with van der Waals surface area (Å²) in [5.74, 6) is 0.361. The Labute approximate surface area is 110 Å². The lowest BCUT2D eigenvalue weighted by Crippen LogP contribution is -2.16. The molecule has 1 saturated heterocycles. The van der Waals surface area contributed by atoms with Crippen molar-refractivity contribution >= 4 is 17.2 Å². The van der Waals surface area contributed by atoms with E-state index in [4.69, 9.17) is 10.5 Å². The van der Waals surface area contributed by atoms with Crippen molar-refractivity contribution in [1.29, 1.82) is 0 Å². The van der Waals surface area contributed by atoms with E-state index < -0.39 is 5.97 Å². The van der Waals surface area contributed by atoms with Crippen molar-refractivity contribution in [2.24, 2.45) is 0 Å². The maximum absolute atomic E-state index is 11.8. The fourth-order valence-electron chi connectivity index (χ4n) is 2.58. The molecule has 1 fully saturated rings. The second kappa shape index (κ2) is 4.55. The van der Waals surface area contributed by atoms with Crippen LogP contribution in [0.2, 0.25) is 0 Å². The number of anilines is 1. The fraction of sp³-hybridized carbons (Fsp3) is 0.385. The van der Waals surface area contributed by atoms with Gasteiger partial charge in [-0.1, -0.05) is 0 Å². The maximum atomic E-state index is 11.8. The molecule has 0 aromatic carbocycles. The van der Waals surface area contributed by atoms with Gasteiger partial charge in [0, 0.05) is 6.20 Å². The van der Waals surface area contributed by atoms with Crippen LogP contribution in [0, 0.1) is 0 Å². The first-order chi connectivity index (χ1) is 9.22. The molecule has 3 N–H and O–H groups in total. The van der Waals surface area contributed by atoms with Crippen LogP contribution in [-0.4, -0.2) is 29.0 Å². The van der Waals surface area contributed by atoms with Gasteiger partial charge < -0.3 is 15.8 Å². The fourth-order valence-corrected chi connectivity index (χ4v) is 2.58. The number of ether oxygens (including phenoxy) is 1. The van der Waals surface area contributed by atoms with Crippen LogP contribution in [0.3, 0.4) is 0 Å². The summed E-state index contributed by atoms with van der Waals surface area (Å²) in [6, 6.07) is 3.77. The lowest BCUT2D eigenvalue weighted by atomic mass is 10.2. The van der Waals surface area contributed by atoms with Crippen molar-refractivity contribution < 1.29 is 9.53 Å². The van der Waals surface area contributed by atoms with Crippen LogP contribution in [0.5, 0.6) is 0 Å². The van der Waals surface area contributed by atoms with Gasteiger partial charge in [0.25, 0.3) is 0 Å². The van der Waals surface area contributed by atoms with Gasteiger partial charge in [-0.25, -0.2) is 9.78 Å². The number of esters is 1. The number of hydrogen-bond donors (Lipinski definition) is 2. The topological polar surface area (TPSA) is 81.6 Å². The number of imidazole rings is 1. The van der Waals surface area contributed by atoms with Gasteiger partial charge in [-0.05, 0) is 31.5 Å². The predicted octanol–water partition coefficient (Wildman–Crippen LogP) is 1.13. The van der Waals surface area contributed by atoms with E-state index in [1.54, 1.807) is 6.07 Å². The lowest BCUT2D eigenvalue weighted by Gasteiger charge is -2.08. The van der Waals surface area contributed by atoms with Crippen molar-refractivity contribution in [3.63, 3.8) is 0 Å². The molecule has 1 aliphatic rings. The second-order valence-electron chi connectivity index (χ2n) is 4.64. The van der Waals surface area contributed by atoms with E-state index in [-0.39, 0.29) is 11.7 Å². The summed E-state index contributed by atoms with van der Waals surface area (Å²) >= 11 is 0. The molecule has 1 atom stereocenters. The Morgan fingerprint density at radius 3 is 3.16 bits per heavy atom. The SMILES string of the molecule is COC(=O)c1nc(C2CCCN2)n2cccc(N)c12. The van der Waals surface area contributed by atoms with E-state index in [2.05, 4.69) is 10.3 Å². The number of aromatic nitrogens is 2. The molecule has 6 heteroatoms. The second-order valence-corrected chi connectivity index (χ2v) is 4.64. The van der Waals surface area contributed by atoms with Crippen LogP contribution < -0.4 is 11.1 Å². The summed E-state index contributed by atoms with van der Waals surface area (Å²) in [7, 11) is 1.35. The minimum atomic E-state index is -0.459. The average Bonchev–Trinajstić information content (AvgIpc) is 3.05. The van der Waals surface area contributed by atoms with Crippen LogP contribution in [0.4, 0.5) is 5.69 Å². The van der Waals surface area contributed by atoms with Gasteiger partial charge in [0.1, 0.15) is 11.3 Å². The molecule has 19 heavy (non-hydrogen) atoms. The van der Waals surface area contributed by atoms with E-state index in [0.717, 1.165) is 25.2 Å². The van der Waals surface area contributed by atoms with Crippen molar-refractivity contribution in [2.75, 3.05) is 19.4 Å². The van der Waals surface area contributed by atoms with Gasteiger partial charge in [-0.15, -0.1) is 0 Å². The number of fused-ring (bicyclic) bond motifs is 1. The van der Waals surface area contributed by atoms with Gasteiger partial charge >= 0.3 is 5.97 Å². The Kier molecular flexibility index (Phi) is 2.87. The third-order valence-corrected chi connectivity index (χ3v) is 3.47. The number of hydrogen-bond acceptors (Lipinski definition) is 5. The van der Waals surface area contributed by atoms with Crippen LogP contribution in [0.25, 0.3) is 5.52 Å². The summed E-state index contributed by atoms with van der Waals surface area (Å²) in [5, 5.41) is 3.38. The Hall–Kier alpha value is -2.08. The highest BCUT2D eigenvalue weighted by Gasteiger charge is 2.26. The van der Waals surface area contributed by atoms with Gasteiger partial charge in [0.05, 0.1) is 18.8 Å². The van der Waals surface area contributed by atoms with E-state index in [9.17, 15) is 4.79 Å². The van der Waals surface area contributed by atoms with Crippen LogP contribution >= 0.6 is 0 Å². The minimum absolute atomic E-state index is 0.160. The molecule has 1 aliphatic heterocycles. The number of carbonyl (C=O) groups excluding carboxylic acids is 1. The highest BCUT2D eigenvalue weighted by molar-refractivity contribution is 5.98. The standard InChI is InChI=1S/C13H16N4O2/c1-19-13(18)10-11-8(14)4-3-7-17(11)12(16-10)9-5-2-6-15-9/h3-4,7,9,15H,2,5-6,14H2,1H3. The molecule has 0 spiro atoms. The summed E-state index contributed by atoms with van der Waals surface area (Å²) in [6.45, 7) is 0.968. The van der Waals surface area contributed by atoms with E-state index >= 15 is 0 Å². The molecular weight excluding hydrogens is 244 g/mol. The van der Waals surface area contributed by atoms with Gasteiger partial charge in [0.15, 0.2) is 5.69 Å². The minimum Gasteiger partial charge on any atom is -0.464 e. The zero-order valence-corrected chi connectivity index (χ0v) is 10.7. The number of carbonyl (C=O) groups is 1. The summed E-state index contributed by atoms with van der Waals surface area (Å²) in [4.78, 5) is 16.3. The number of nitrogens with one attached hydrogen (secondary N) is 1. The first-order valence-corrected chi connectivity index (χ1v) is 6.30. The van der Waals surface area contributed by atoms with Crippen molar-refractivity contribution in [2.45, 2.75) is 18.9 Å². The van der Waals surface area contributed by atoms with Crippen molar-refractivity contribution in [1.82, 2.24) is 14.7 Å². The molecule has 1 unspecified atom stereocenters. The van der Waals surface area contributed by atoms with Crippen LogP contribution in [0.15, 0.2) is 18.3 Å². The van der Waals surface area contributed by atoms with E-state index in [1.165, 1.54) is 7.11 Å². The molecule has 2 aromatic heterocycles. The van der Waals surface area contributed by atoms with Gasteiger partial charge in [0.2, 0.25) is 0 Å². The summed E-state index contributed by atoms with van der Waals surface area (Å²) < 4.78 is 6.66. The number of nitrogens with two attached hydrogens (primary N) is 1. The zero-order chi connectivity index (χ0) is 13.4. The Bertz CT molecular complexity index is 629. The normalized spacial score (nSPS) is 18.9. The summed E-state index contributed by atoms with van der Waals surface area (Å²) in [6.07, 6.45) is 3.99. The Morgan fingerprint density at radius 1 is 1.63 bits per heavy atom. The molecule has 0 amide bonds. The quantitative estimate of drug-likeness (QED) is 0.791. The van der Waals surface area contributed by atoms with Crippen LogP contribution in [-0.2, 0) is 4.74 Å². The van der Waals surface area contributed by atoms with Crippen LogP contribution in [0.1, 0.15) is 35.2 Å². The number of nitrogen functional groups attached to an aromatic ring is 1. The highest BCUT2D eigenvalue weighted by atomic mass is 16.5. The molecule has 3 heterocycles. The van der Waals surface area contributed by atoms with Crippen molar-refractivity contribution in [3.8, 4) is 0 Å². The van der Waals surface area contributed by atoms with E-state index in [0.29, 0.717) is 11.2 Å². The van der Waals surface area contributed by atoms with Gasteiger partial charge in [-0.3, -0.25) is 4.40 Å². The number of methoxy groups -OCH3 is 1. The first kappa shape index (κ1) is 12.0. The lowest BCUT2D eigenvalue weighted by molar-refractivity contribution is 0.0596. The molecule has 3 rings (SSSR count). The maximum Gasteiger partial charge on any atom is 0.359 e. The average molecular weight is 260 g/mol. The van der Waals surface area contributed by atoms with E-state index in [1.807, 2.05) is 16.7 Å². The zero-order valence-electron chi connectivity index (χ0n) is 10.7. The third-order valence-electron chi connectivity index (χ3n) is 3.47. The monoisotopic (exact) mass is 260 g/mol. The molecular formula is C13H16N4O2.